The summed E-state index contributed by atoms with van der Waals surface area (Å²) in [6, 6.07) is 9.01. The summed E-state index contributed by atoms with van der Waals surface area (Å²) < 4.78 is 1.28. The van der Waals surface area contributed by atoms with Gasteiger partial charge in [0.1, 0.15) is 17.5 Å². The predicted molar refractivity (Wildman–Crippen MR) is 75.7 cm³/mol. The third-order valence-electron chi connectivity index (χ3n) is 2.58. The zero-order valence-electron chi connectivity index (χ0n) is 11.6. The second kappa shape index (κ2) is 6.38. The first-order valence-electron chi connectivity index (χ1n) is 6.14. The fourth-order valence-electron chi connectivity index (χ4n) is 1.68. The quantitative estimate of drug-likeness (QED) is 0.873. The number of carboxylic acid groups (broad SMARTS) is 1. The Labute approximate surface area is 117 Å². The van der Waals surface area contributed by atoms with Gasteiger partial charge in [-0.2, -0.15) is 10.4 Å². The number of para-hydroxylation sites is 1. The second-order valence-electron chi connectivity index (χ2n) is 3.72. The van der Waals surface area contributed by atoms with Crippen LogP contribution in [0.25, 0.3) is 5.69 Å². The summed E-state index contributed by atoms with van der Waals surface area (Å²) in [7, 11) is 0. The molecule has 1 heterocycles. The highest BCUT2D eigenvalue weighted by molar-refractivity contribution is 5.90. The molecule has 0 saturated carbocycles. The van der Waals surface area contributed by atoms with Gasteiger partial charge in [0.15, 0.2) is 5.69 Å². The van der Waals surface area contributed by atoms with E-state index in [4.69, 9.17) is 16.1 Å². The van der Waals surface area contributed by atoms with Gasteiger partial charge < -0.3 is 10.8 Å². The molecular weight excluding hydrogens is 256 g/mol. The minimum absolute atomic E-state index is 0.0317. The van der Waals surface area contributed by atoms with Crippen molar-refractivity contribution in [3.8, 4) is 11.8 Å². The van der Waals surface area contributed by atoms with Gasteiger partial charge in [-0.1, -0.05) is 32.0 Å². The highest BCUT2D eigenvalue weighted by Gasteiger charge is 2.21. The van der Waals surface area contributed by atoms with E-state index in [0.717, 1.165) is 5.56 Å². The lowest BCUT2D eigenvalue weighted by Gasteiger charge is -2.06. The average molecular weight is 272 g/mol. The normalized spacial score (nSPS) is 9.30. The van der Waals surface area contributed by atoms with Gasteiger partial charge in [-0.05, 0) is 18.6 Å². The van der Waals surface area contributed by atoms with Crippen molar-refractivity contribution in [1.82, 2.24) is 9.78 Å². The number of nitriles is 1. The van der Waals surface area contributed by atoms with Crippen LogP contribution in [-0.4, -0.2) is 20.9 Å². The standard InChI is InChI=1S/C12H10N4O2.C2H6/c1-7-4-2-3-5-9(7)16-11(14)8(6-13)10(15-16)12(17)18;1-2/h2-5H,14H2,1H3,(H,17,18);1-2H3. The fourth-order valence-corrected chi connectivity index (χ4v) is 1.68. The summed E-state index contributed by atoms with van der Waals surface area (Å²) in [6.45, 7) is 5.85. The van der Waals surface area contributed by atoms with Crippen LogP contribution in [0.4, 0.5) is 5.82 Å². The maximum Gasteiger partial charge on any atom is 0.357 e. The van der Waals surface area contributed by atoms with E-state index in [1.165, 1.54) is 4.68 Å². The van der Waals surface area contributed by atoms with Gasteiger partial charge in [0.25, 0.3) is 0 Å². The molecule has 2 aromatic rings. The molecular formula is C14H16N4O2. The van der Waals surface area contributed by atoms with E-state index in [2.05, 4.69) is 5.10 Å². The largest absolute Gasteiger partial charge is 0.476 e. The number of benzene rings is 1. The van der Waals surface area contributed by atoms with Crippen LogP contribution < -0.4 is 5.73 Å². The molecule has 0 atom stereocenters. The molecule has 0 unspecified atom stereocenters. The molecule has 104 valence electrons. The van der Waals surface area contributed by atoms with E-state index in [0.29, 0.717) is 5.69 Å². The molecule has 1 aromatic heterocycles. The Morgan fingerprint density at radius 1 is 1.40 bits per heavy atom. The summed E-state index contributed by atoms with van der Waals surface area (Å²) >= 11 is 0. The first-order chi connectivity index (χ1) is 9.56. The Kier molecular flexibility index (Phi) is 4.87. The van der Waals surface area contributed by atoms with Gasteiger partial charge in [0.2, 0.25) is 0 Å². The molecule has 6 nitrogen and oxygen atoms in total. The van der Waals surface area contributed by atoms with Gasteiger partial charge in [-0.15, -0.1) is 0 Å². The van der Waals surface area contributed by atoms with Crippen molar-refractivity contribution in [1.29, 1.82) is 5.26 Å². The number of hydrogen-bond acceptors (Lipinski definition) is 4. The van der Waals surface area contributed by atoms with Gasteiger partial charge in [-0.3, -0.25) is 0 Å². The van der Waals surface area contributed by atoms with E-state index in [1.54, 1.807) is 18.2 Å². The number of carboxylic acids is 1. The predicted octanol–water partition coefficient (Wildman–Crippen LogP) is 2.36. The molecule has 0 aliphatic rings. The highest BCUT2D eigenvalue weighted by Crippen LogP contribution is 2.22. The Balaban J connectivity index is 0.000000956. The second-order valence-corrected chi connectivity index (χ2v) is 3.72. The van der Waals surface area contributed by atoms with Crippen LogP contribution in [0.1, 0.15) is 35.5 Å². The molecule has 0 fully saturated rings. The lowest BCUT2D eigenvalue weighted by molar-refractivity contribution is 0.0689. The van der Waals surface area contributed by atoms with Crippen molar-refractivity contribution in [2.45, 2.75) is 20.8 Å². The first kappa shape index (κ1) is 15.2. The molecule has 1 aromatic carbocycles. The van der Waals surface area contributed by atoms with Gasteiger partial charge in [-0.25, -0.2) is 9.48 Å². The Morgan fingerprint density at radius 3 is 2.45 bits per heavy atom. The van der Waals surface area contributed by atoms with E-state index in [9.17, 15) is 4.79 Å². The van der Waals surface area contributed by atoms with Crippen LogP contribution in [0.3, 0.4) is 0 Å². The molecule has 20 heavy (non-hydrogen) atoms. The number of anilines is 1. The monoisotopic (exact) mass is 272 g/mol. The van der Waals surface area contributed by atoms with Crippen molar-refractivity contribution in [3.05, 3.63) is 41.1 Å². The van der Waals surface area contributed by atoms with E-state index in [-0.39, 0.29) is 17.1 Å². The minimum Gasteiger partial charge on any atom is -0.476 e. The summed E-state index contributed by atoms with van der Waals surface area (Å²) in [6.07, 6.45) is 0. The minimum atomic E-state index is -1.27. The Morgan fingerprint density at radius 2 is 2.00 bits per heavy atom. The average Bonchev–Trinajstić information content (AvgIpc) is 2.78. The topological polar surface area (TPSA) is 105 Å². The number of aromatic nitrogens is 2. The maximum absolute atomic E-state index is 11.0. The van der Waals surface area contributed by atoms with Gasteiger partial charge >= 0.3 is 5.97 Å². The molecule has 3 N–H and O–H groups in total. The molecule has 0 saturated heterocycles. The third-order valence-corrected chi connectivity index (χ3v) is 2.58. The van der Waals surface area contributed by atoms with Crippen molar-refractivity contribution in [2.75, 3.05) is 5.73 Å². The molecule has 0 spiro atoms. The maximum atomic E-state index is 11.0. The summed E-state index contributed by atoms with van der Waals surface area (Å²) in [4.78, 5) is 11.0. The number of nitrogens with zero attached hydrogens (tertiary/aromatic N) is 3. The van der Waals surface area contributed by atoms with Crippen molar-refractivity contribution in [2.24, 2.45) is 0 Å². The molecule has 0 amide bonds. The number of nitrogens with two attached hydrogens (primary N) is 1. The smallest absolute Gasteiger partial charge is 0.357 e. The number of carbonyl (C=O) groups is 1. The first-order valence-corrected chi connectivity index (χ1v) is 6.14. The van der Waals surface area contributed by atoms with Crippen LogP contribution >= 0.6 is 0 Å². The van der Waals surface area contributed by atoms with Crippen LogP contribution in [0, 0.1) is 18.3 Å². The summed E-state index contributed by atoms with van der Waals surface area (Å²) in [5, 5.41) is 21.8. The highest BCUT2D eigenvalue weighted by atomic mass is 16.4. The molecule has 0 radical (unpaired) electrons. The van der Waals surface area contributed by atoms with Gasteiger partial charge in [0, 0.05) is 0 Å². The number of hydrogen-bond donors (Lipinski definition) is 2. The SMILES string of the molecule is CC.Cc1ccccc1-n1nc(C(=O)O)c(C#N)c1N. The van der Waals surface area contributed by atoms with Crippen LogP contribution in [0.5, 0.6) is 0 Å². The molecule has 0 bridgehead atoms. The van der Waals surface area contributed by atoms with Crippen LogP contribution in [0.2, 0.25) is 0 Å². The van der Waals surface area contributed by atoms with Crippen molar-refractivity contribution in [3.63, 3.8) is 0 Å². The van der Waals surface area contributed by atoms with Crippen LogP contribution in [0.15, 0.2) is 24.3 Å². The zero-order chi connectivity index (χ0) is 15.3. The summed E-state index contributed by atoms with van der Waals surface area (Å²) in [5.74, 6) is -1.24. The van der Waals surface area contributed by atoms with E-state index >= 15 is 0 Å². The molecule has 6 heteroatoms. The summed E-state index contributed by atoms with van der Waals surface area (Å²) in [5.41, 5.74) is 6.85. The van der Waals surface area contributed by atoms with E-state index < -0.39 is 5.97 Å². The molecule has 0 aliphatic carbocycles. The third kappa shape index (κ3) is 2.62. The zero-order valence-corrected chi connectivity index (χ0v) is 11.6. The number of aromatic carboxylic acids is 1. The molecule has 2 rings (SSSR count). The van der Waals surface area contributed by atoms with Crippen LogP contribution in [-0.2, 0) is 0 Å². The lowest BCUT2D eigenvalue weighted by Crippen LogP contribution is -2.04. The molecule has 0 aliphatic heterocycles. The van der Waals surface area contributed by atoms with E-state index in [1.807, 2.05) is 32.9 Å². The van der Waals surface area contributed by atoms with Crippen molar-refractivity contribution >= 4 is 11.8 Å². The van der Waals surface area contributed by atoms with Gasteiger partial charge in [0.05, 0.1) is 5.69 Å². The number of rotatable bonds is 2. The Hall–Kier alpha value is -2.81. The number of nitrogen functional groups attached to an aromatic ring is 1. The lowest BCUT2D eigenvalue weighted by atomic mass is 10.2. The fraction of sp³-hybridized carbons (Fsp3) is 0.214. The number of aryl methyl sites for hydroxylation is 1. The Bertz CT molecular complexity index is 668. The van der Waals surface area contributed by atoms with Crippen molar-refractivity contribution < 1.29 is 9.90 Å².